The molecule has 0 fully saturated rings. The molecule has 2 N–H and O–H groups in total. The van der Waals surface area contributed by atoms with Gasteiger partial charge in [0.25, 0.3) is 0 Å². The van der Waals surface area contributed by atoms with E-state index in [1.807, 2.05) is 0 Å². The Morgan fingerprint density at radius 3 is 1.69 bits per heavy atom. The van der Waals surface area contributed by atoms with Gasteiger partial charge in [-0.3, -0.25) is 0 Å². The maximum Gasteiger partial charge on any atom is 0.407 e. The number of carbonyl (C=O) groups is 1. The Labute approximate surface area is 151 Å². The Morgan fingerprint density at radius 2 is 1.35 bits per heavy atom. The first-order chi connectivity index (χ1) is 12.0. The molecule has 0 unspecified atom stereocenters. The van der Waals surface area contributed by atoms with Crippen molar-refractivity contribution in [2.45, 2.75) is 44.9 Å². The summed E-state index contributed by atoms with van der Waals surface area (Å²) in [7, 11) is 0. The largest absolute Gasteiger partial charge is 0.444 e. The van der Waals surface area contributed by atoms with E-state index in [-0.39, 0.29) is 0 Å². The van der Waals surface area contributed by atoms with E-state index in [4.69, 9.17) is 4.74 Å². The van der Waals surface area contributed by atoms with Gasteiger partial charge in [-0.25, -0.2) is 13.6 Å². The molecule has 2 aromatic rings. The molecule has 140 valence electrons. The minimum atomic E-state index is -1.71. The molecule has 6 heteroatoms. The van der Waals surface area contributed by atoms with Crippen molar-refractivity contribution in [2.75, 3.05) is 0 Å². The van der Waals surface area contributed by atoms with Crippen LogP contribution in [0.15, 0.2) is 48.5 Å². The second-order valence-corrected chi connectivity index (χ2v) is 7.15. The molecule has 4 nitrogen and oxygen atoms in total. The number of hydrogen-bond donors (Lipinski definition) is 2. The summed E-state index contributed by atoms with van der Waals surface area (Å²) < 4.78 is 31.8. The molecule has 0 radical (unpaired) electrons. The van der Waals surface area contributed by atoms with Gasteiger partial charge in [-0.05, 0) is 63.1 Å². The first-order valence-electron chi connectivity index (χ1n) is 8.26. The topological polar surface area (TPSA) is 58.6 Å². The van der Waals surface area contributed by atoms with E-state index in [1.165, 1.54) is 48.5 Å². The zero-order valence-electron chi connectivity index (χ0n) is 15.2. The van der Waals surface area contributed by atoms with Crippen LogP contribution in [0.4, 0.5) is 13.6 Å². The number of rotatable bonds is 4. The molecule has 1 atom stereocenters. The highest BCUT2D eigenvalue weighted by molar-refractivity contribution is 5.68. The Hall–Kier alpha value is -2.47. The molecule has 0 aromatic heterocycles. The second-order valence-electron chi connectivity index (χ2n) is 7.15. The van der Waals surface area contributed by atoms with E-state index in [0.717, 1.165) is 0 Å². The van der Waals surface area contributed by atoms with E-state index < -0.39 is 35.0 Å². The van der Waals surface area contributed by atoms with Crippen LogP contribution in [0, 0.1) is 11.6 Å². The average Bonchev–Trinajstić information content (AvgIpc) is 2.53. The van der Waals surface area contributed by atoms with Crippen molar-refractivity contribution in [3.8, 4) is 0 Å². The fourth-order valence-electron chi connectivity index (χ4n) is 2.66. The van der Waals surface area contributed by atoms with Gasteiger partial charge < -0.3 is 15.2 Å². The van der Waals surface area contributed by atoms with Crippen molar-refractivity contribution in [2.24, 2.45) is 0 Å². The number of hydrogen-bond acceptors (Lipinski definition) is 3. The van der Waals surface area contributed by atoms with E-state index in [9.17, 15) is 18.7 Å². The second kappa shape index (κ2) is 7.41. The highest BCUT2D eigenvalue weighted by Crippen LogP contribution is 2.33. The summed E-state index contributed by atoms with van der Waals surface area (Å²) >= 11 is 0. The maximum absolute atomic E-state index is 13.3. The monoisotopic (exact) mass is 363 g/mol. The summed E-state index contributed by atoms with van der Waals surface area (Å²) in [5, 5.41) is 14.0. The van der Waals surface area contributed by atoms with Gasteiger partial charge in [-0.2, -0.15) is 0 Å². The van der Waals surface area contributed by atoms with Gasteiger partial charge in [0.1, 0.15) is 22.8 Å². The fraction of sp³-hybridized carbons (Fsp3) is 0.350. The summed E-state index contributed by atoms with van der Waals surface area (Å²) in [5.41, 5.74) is -1.70. The lowest BCUT2D eigenvalue weighted by molar-refractivity contribution is 0.0209. The molecule has 26 heavy (non-hydrogen) atoms. The lowest BCUT2D eigenvalue weighted by atomic mass is 9.81. The molecule has 0 bridgehead atoms. The molecule has 0 aliphatic heterocycles. The van der Waals surface area contributed by atoms with Crippen molar-refractivity contribution in [3.05, 3.63) is 71.3 Å². The van der Waals surface area contributed by atoms with Gasteiger partial charge in [0, 0.05) is 0 Å². The quantitative estimate of drug-likeness (QED) is 0.859. The highest BCUT2D eigenvalue weighted by Gasteiger charge is 2.39. The van der Waals surface area contributed by atoms with Gasteiger partial charge in [-0.1, -0.05) is 24.3 Å². The third-order valence-electron chi connectivity index (χ3n) is 3.93. The van der Waals surface area contributed by atoms with Gasteiger partial charge in [0.15, 0.2) is 0 Å². The lowest BCUT2D eigenvalue weighted by Crippen LogP contribution is -2.50. The summed E-state index contributed by atoms with van der Waals surface area (Å²) in [5.74, 6) is -0.911. The van der Waals surface area contributed by atoms with Crippen LogP contribution in [0.3, 0.4) is 0 Å². The van der Waals surface area contributed by atoms with Gasteiger partial charge >= 0.3 is 6.09 Å². The van der Waals surface area contributed by atoms with Crippen molar-refractivity contribution < 1.29 is 23.4 Å². The number of amides is 1. The van der Waals surface area contributed by atoms with Crippen LogP contribution in [-0.2, 0) is 10.3 Å². The normalized spacial score (nSPS) is 13.2. The Balaban J connectivity index is 2.41. The van der Waals surface area contributed by atoms with Gasteiger partial charge in [0.2, 0.25) is 0 Å². The number of benzene rings is 2. The van der Waals surface area contributed by atoms with Crippen LogP contribution in [0.1, 0.15) is 38.8 Å². The molecule has 2 aromatic carbocycles. The molecule has 0 spiro atoms. The zero-order chi connectivity index (χ0) is 19.5. The number of aliphatic hydroxyl groups is 1. The van der Waals surface area contributed by atoms with Gasteiger partial charge in [-0.15, -0.1) is 0 Å². The standard InChI is InChI=1S/C20H23F2NO3/c1-13(23-18(24)26-19(2,3)4)20(25,14-5-9-16(21)10-6-14)15-7-11-17(22)12-8-15/h5-13,25H,1-4H3,(H,23,24)/t13-/m0/s1. The molecule has 0 aliphatic rings. The van der Waals surface area contributed by atoms with Crippen LogP contribution < -0.4 is 5.32 Å². The van der Waals surface area contributed by atoms with Crippen molar-refractivity contribution in [1.29, 1.82) is 0 Å². The average molecular weight is 363 g/mol. The molecule has 1 amide bonds. The Morgan fingerprint density at radius 1 is 0.962 bits per heavy atom. The number of ether oxygens (including phenoxy) is 1. The molecule has 2 rings (SSSR count). The van der Waals surface area contributed by atoms with E-state index >= 15 is 0 Å². The molecular weight excluding hydrogens is 340 g/mol. The number of carbonyl (C=O) groups excluding carboxylic acids is 1. The number of halogens is 2. The van der Waals surface area contributed by atoms with E-state index in [0.29, 0.717) is 11.1 Å². The molecule has 0 aliphatic carbocycles. The molecule has 0 saturated carbocycles. The third-order valence-corrected chi connectivity index (χ3v) is 3.93. The first kappa shape index (κ1) is 19.8. The summed E-state index contributed by atoms with van der Waals surface area (Å²) in [6, 6.07) is 9.70. The van der Waals surface area contributed by atoms with Crippen LogP contribution in [0.2, 0.25) is 0 Å². The Kier molecular flexibility index (Phi) is 5.66. The third kappa shape index (κ3) is 4.58. The fourth-order valence-corrected chi connectivity index (χ4v) is 2.66. The summed E-state index contributed by atoms with van der Waals surface area (Å²) in [6.07, 6.45) is -0.701. The Bertz CT molecular complexity index is 707. The minimum absolute atomic E-state index is 0.356. The zero-order valence-corrected chi connectivity index (χ0v) is 15.2. The van der Waals surface area contributed by atoms with Gasteiger partial charge in [0.05, 0.1) is 6.04 Å². The summed E-state index contributed by atoms with van der Waals surface area (Å²) in [6.45, 7) is 6.77. The highest BCUT2D eigenvalue weighted by atomic mass is 19.1. The van der Waals surface area contributed by atoms with E-state index in [2.05, 4.69) is 5.32 Å². The smallest absolute Gasteiger partial charge is 0.407 e. The first-order valence-corrected chi connectivity index (χ1v) is 8.26. The SMILES string of the molecule is C[C@H](NC(=O)OC(C)(C)C)C(O)(c1ccc(F)cc1)c1ccc(F)cc1. The molecule has 0 saturated heterocycles. The van der Waals surface area contributed by atoms with Crippen LogP contribution in [-0.4, -0.2) is 22.8 Å². The van der Waals surface area contributed by atoms with Crippen LogP contribution in [0.25, 0.3) is 0 Å². The predicted molar refractivity (Wildman–Crippen MR) is 94.6 cm³/mol. The molecular formula is C20H23F2NO3. The van der Waals surface area contributed by atoms with E-state index in [1.54, 1.807) is 27.7 Å². The van der Waals surface area contributed by atoms with Crippen LogP contribution in [0.5, 0.6) is 0 Å². The number of alkyl carbamates (subject to hydrolysis) is 1. The predicted octanol–water partition coefficient (Wildman–Crippen LogP) is 4.11. The number of nitrogens with one attached hydrogen (secondary N) is 1. The summed E-state index contributed by atoms with van der Waals surface area (Å²) in [4.78, 5) is 12.1. The van der Waals surface area contributed by atoms with Crippen molar-refractivity contribution in [1.82, 2.24) is 5.32 Å². The minimum Gasteiger partial charge on any atom is -0.444 e. The molecule has 0 heterocycles. The maximum atomic E-state index is 13.3. The van der Waals surface area contributed by atoms with Crippen LogP contribution >= 0.6 is 0 Å². The van der Waals surface area contributed by atoms with Crippen molar-refractivity contribution in [3.63, 3.8) is 0 Å². The lowest BCUT2D eigenvalue weighted by Gasteiger charge is -2.36. The van der Waals surface area contributed by atoms with Crippen molar-refractivity contribution >= 4 is 6.09 Å².